The predicted molar refractivity (Wildman–Crippen MR) is 164 cm³/mol. The Bertz CT molecular complexity index is 1560. The van der Waals surface area contributed by atoms with Crippen LogP contribution in [0.15, 0.2) is 91.6 Å². The minimum Gasteiger partial charge on any atom is -0.397 e. The summed E-state index contributed by atoms with van der Waals surface area (Å²) in [5.74, 6) is 0.457. The summed E-state index contributed by atoms with van der Waals surface area (Å²) in [6, 6.07) is 10.1. The highest BCUT2D eigenvalue weighted by atomic mass is 19.1. The third-order valence-corrected chi connectivity index (χ3v) is 6.24. The van der Waals surface area contributed by atoms with Crippen LogP contribution >= 0.6 is 0 Å². The van der Waals surface area contributed by atoms with E-state index in [1.807, 2.05) is 31.2 Å². The molecule has 0 aliphatic carbocycles. The maximum absolute atomic E-state index is 13.4. The number of rotatable bonds is 11. The fourth-order valence-corrected chi connectivity index (χ4v) is 4.16. The molecule has 0 atom stereocenters. The van der Waals surface area contributed by atoms with Crippen LogP contribution in [0.25, 0.3) is 27.9 Å². The molecule has 0 aliphatic heterocycles. The second-order valence-electron chi connectivity index (χ2n) is 9.07. The Kier molecular flexibility index (Phi) is 10.6. The lowest BCUT2D eigenvalue weighted by atomic mass is 10.0. The third kappa shape index (κ3) is 7.33. The van der Waals surface area contributed by atoms with E-state index in [0.717, 1.165) is 69.9 Å². The van der Waals surface area contributed by atoms with Gasteiger partial charge >= 0.3 is 0 Å². The minimum atomic E-state index is -0.291. The number of hydrogen-bond acceptors (Lipinski definition) is 5. The standard InChI is InChI=1S/C31H33FN6.C2H2/c1-5-8-9-20(4)36-25(7-3)16-21(6-2)28-17-23(26(33)19-35-28)18-29-37-27-14-15-34-30(31(27)38-29)22-10-12-24(32)13-11-22;1-2/h6-7,10-17,19,36H,3-5,8-9,18,33H2,1-2H3,(H,37,38);1-2H/b21-6+,25-16+;. The van der Waals surface area contributed by atoms with Gasteiger partial charge in [-0.25, -0.2) is 9.37 Å². The number of nitrogens with zero attached hydrogens (tertiary/aromatic N) is 3. The third-order valence-electron chi connectivity index (χ3n) is 6.24. The van der Waals surface area contributed by atoms with Crippen molar-refractivity contribution in [2.75, 3.05) is 5.73 Å². The maximum Gasteiger partial charge on any atom is 0.123 e. The molecule has 0 bridgehead atoms. The lowest BCUT2D eigenvalue weighted by molar-refractivity contribution is 0.628. The fourth-order valence-electron chi connectivity index (χ4n) is 4.16. The summed E-state index contributed by atoms with van der Waals surface area (Å²) in [6.07, 6.45) is 20.8. The molecule has 4 aromatic rings. The molecule has 40 heavy (non-hydrogen) atoms. The number of allylic oxidation sites excluding steroid dienone is 5. The topological polar surface area (TPSA) is 92.5 Å². The van der Waals surface area contributed by atoms with Crippen LogP contribution in [0, 0.1) is 18.7 Å². The summed E-state index contributed by atoms with van der Waals surface area (Å²) >= 11 is 0. The zero-order chi connectivity index (χ0) is 29.1. The van der Waals surface area contributed by atoms with Crippen molar-refractivity contribution in [1.29, 1.82) is 0 Å². The van der Waals surface area contributed by atoms with Gasteiger partial charge in [-0.2, -0.15) is 0 Å². The Morgan fingerprint density at radius 3 is 2.60 bits per heavy atom. The number of hydrogen-bond donors (Lipinski definition) is 3. The van der Waals surface area contributed by atoms with Crippen molar-refractivity contribution in [2.24, 2.45) is 0 Å². The summed E-state index contributed by atoms with van der Waals surface area (Å²) in [5, 5.41) is 3.35. The highest BCUT2D eigenvalue weighted by Gasteiger charge is 2.13. The molecule has 0 spiro atoms. The molecule has 6 nitrogen and oxygen atoms in total. The van der Waals surface area contributed by atoms with Gasteiger partial charge in [-0.05, 0) is 79.5 Å². The van der Waals surface area contributed by atoms with Gasteiger partial charge in [0.05, 0.1) is 28.8 Å². The lowest BCUT2D eigenvalue weighted by Gasteiger charge is -2.12. The number of benzene rings is 1. The van der Waals surface area contributed by atoms with Crippen LogP contribution < -0.4 is 11.1 Å². The Morgan fingerprint density at radius 2 is 1.93 bits per heavy atom. The highest BCUT2D eigenvalue weighted by Crippen LogP contribution is 2.27. The molecular weight excluding hydrogens is 499 g/mol. The van der Waals surface area contributed by atoms with E-state index in [2.05, 4.69) is 53.2 Å². The Hall–Kier alpha value is -4.96. The summed E-state index contributed by atoms with van der Waals surface area (Å²) in [7, 11) is 0. The van der Waals surface area contributed by atoms with E-state index in [4.69, 9.17) is 10.7 Å². The van der Waals surface area contributed by atoms with E-state index in [1.54, 1.807) is 30.6 Å². The number of fused-ring (bicyclic) bond motifs is 1. The van der Waals surface area contributed by atoms with Crippen LogP contribution in [0.5, 0.6) is 0 Å². The van der Waals surface area contributed by atoms with Crippen molar-refractivity contribution in [2.45, 2.75) is 39.5 Å². The van der Waals surface area contributed by atoms with Gasteiger partial charge in [0.15, 0.2) is 0 Å². The number of H-pyrrole nitrogens is 1. The van der Waals surface area contributed by atoms with Crippen LogP contribution in [-0.4, -0.2) is 19.9 Å². The van der Waals surface area contributed by atoms with Gasteiger partial charge in [-0.3, -0.25) is 9.97 Å². The van der Waals surface area contributed by atoms with E-state index < -0.39 is 0 Å². The Balaban J connectivity index is 0.00000216. The monoisotopic (exact) mass is 534 g/mol. The SMILES string of the molecule is C#C.C=C/C(=C\C(=C/C)c1cc(Cc2nc3c(-c4ccc(F)cc4)nccc3[nH]2)c(N)cn1)NC(=C)CCCC. The zero-order valence-corrected chi connectivity index (χ0v) is 23.0. The number of anilines is 1. The van der Waals surface area contributed by atoms with E-state index >= 15 is 0 Å². The molecule has 0 aliphatic rings. The second kappa shape index (κ2) is 14.3. The van der Waals surface area contributed by atoms with E-state index in [1.165, 1.54) is 12.1 Å². The van der Waals surface area contributed by atoms with Crippen molar-refractivity contribution in [3.05, 3.63) is 114 Å². The predicted octanol–water partition coefficient (Wildman–Crippen LogP) is 7.35. The molecule has 0 fully saturated rings. The van der Waals surface area contributed by atoms with Crippen LogP contribution in [-0.2, 0) is 6.42 Å². The van der Waals surface area contributed by atoms with Crippen molar-refractivity contribution in [1.82, 2.24) is 25.3 Å². The summed E-state index contributed by atoms with van der Waals surface area (Å²) in [4.78, 5) is 17.3. The second-order valence-corrected chi connectivity index (χ2v) is 9.07. The summed E-state index contributed by atoms with van der Waals surface area (Å²) in [5.41, 5.74) is 14.4. The highest BCUT2D eigenvalue weighted by molar-refractivity contribution is 5.89. The largest absolute Gasteiger partial charge is 0.397 e. The molecule has 0 amide bonds. The van der Waals surface area contributed by atoms with Crippen molar-refractivity contribution in [3.8, 4) is 24.1 Å². The Labute approximate surface area is 235 Å². The molecule has 0 radical (unpaired) electrons. The van der Waals surface area contributed by atoms with Crippen LogP contribution in [0.3, 0.4) is 0 Å². The quantitative estimate of drug-likeness (QED) is 0.138. The number of halogens is 1. The number of terminal acetylenes is 1. The number of unbranched alkanes of at least 4 members (excludes halogenated alkanes) is 1. The summed E-state index contributed by atoms with van der Waals surface area (Å²) in [6.45, 7) is 12.2. The summed E-state index contributed by atoms with van der Waals surface area (Å²) < 4.78 is 13.4. The van der Waals surface area contributed by atoms with Crippen LogP contribution in [0.1, 0.15) is 50.2 Å². The van der Waals surface area contributed by atoms with Crippen molar-refractivity contribution < 1.29 is 4.39 Å². The van der Waals surface area contributed by atoms with Gasteiger partial charge in [-0.1, -0.05) is 32.6 Å². The number of imidazole rings is 1. The molecule has 1 aromatic carbocycles. The first-order chi connectivity index (χ1) is 19.4. The smallest absolute Gasteiger partial charge is 0.123 e. The van der Waals surface area contributed by atoms with Gasteiger partial charge < -0.3 is 16.0 Å². The molecule has 7 heteroatoms. The maximum atomic E-state index is 13.4. The van der Waals surface area contributed by atoms with Gasteiger partial charge in [0.1, 0.15) is 17.2 Å². The number of aromatic nitrogens is 4. The average Bonchev–Trinajstić information content (AvgIpc) is 3.39. The molecule has 3 aromatic heterocycles. The molecule has 0 saturated carbocycles. The van der Waals surface area contributed by atoms with E-state index in [0.29, 0.717) is 17.8 Å². The number of nitrogen functional groups attached to an aromatic ring is 1. The van der Waals surface area contributed by atoms with E-state index in [-0.39, 0.29) is 5.82 Å². The molecule has 4 N–H and O–H groups in total. The number of aromatic amines is 1. The van der Waals surface area contributed by atoms with Crippen molar-refractivity contribution in [3.63, 3.8) is 0 Å². The Morgan fingerprint density at radius 1 is 1.18 bits per heavy atom. The van der Waals surface area contributed by atoms with Gasteiger partial charge in [0.2, 0.25) is 0 Å². The minimum absolute atomic E-state index is 0.291. The first-order valence-electron chi connectivity index (χ1n) is 13.0. The normalized spacial score (nSPS) is 11.5. The molecule has 204 valence electrons. The molecule has 4 rings (SSSR count). The van der Waals surface area contributed by atoms with Gasteiger partial charge in [-0.15, -0.1) is 12.8 Å². The number of pyridine rings is 2. The zero-order valence-electron chi connectivity index (χ0n) is 23.0. The first-order valence-corrected chi connectivity index (χ1v) is 13.0. The van der Waals surface area contributed by atoms with Gasteiger partial charge in [0.25, 0.3) is 0 Å². The number of nitrogens with one attached hydrogen (secondary N) is 2. The van der Waals surface area contributed by atoms with Crippen LogP contribution in [0.4, 0.5) is 10.1 Å². The lowest BCUT2D eigenvalue weighted by Crippen LogP contribution is -2.10. The van der Waals surface area contributed by atoms with Gasteiger partial charge in [0, 0.05) is 29.6 Å². The first kappa shape index (κ1) is 29.6. The fraction of sp³-hybridized carbons (Fsp3) is 0.182. The van der Waals surface area contributed by atoms with Crippen LogP contribution in [0.2, 0.25) is 0 Å². The van der Waals surface area contributed by atoms with Crippen molar-refractivity contribution >= 4 is 22.3 Å². The molecule has 0 unspecified atom stereocenters. The molecule has 0 saturated heterocycles. The number of nitrogens with two attached hydrogens (primary N) is 1. The molecule has 3 heterocycles. The van der Waals surface area contributed by atoms with E-state index in [9.17, 15) is 4.39 Å². The molecular formula is C33H35FN6. The average molecular weight is 535 g/mol.